The van der Waals surface area contributed by atoms with Gasteiger partial charge in [0.1, 0.15) is 5.75 Å². The fraction of sp³-hybridized carbons (Fsp3) is 0.538. The largest absolute Gasteiger partial charge is 0.494 e. The van der Waals surface area contributed by atoms with Gasteiger partial charge in [-0.15, -0.1) is 0 Å². The number of nitrogens with zero attached hydrogens (tertiary/aromatic N) is 1. The fourth-order valence-corrected chi connectivity index (χ4v) is 1.58. The maximum absolute atomic E-state index is 5.66. The first kappa shape index (κ1) is 12.8. The van der Waals surface area contributed by atoms with E-state index in [4.69, 9.17) is 10.5 Å². The third-order valence-corrected chi connectivity index (χ3v) is 2.87. The number of rotatable bonds is 5. The van der Waals surface area contributed by atoms with E-state index in [9.17, 15) is 0 Å². The smallest absolute Gasteiger partial charge is 0.122 e. The lowest BCUT2D eigenvalue weighted by Gasteiger charge is -2.26. The normalized spacial score (nSPS) is 12.3. The molecule has 0 spiro atoms. The summed E-state index contributed by atoms with van der Waals surface area (Å²) in [5.41, 5.74) is 8.00. The molecule has 0 fully saturated rings. The van der Waals surface area contributed by atoms with E-state index < -0.39 is 0 Å². The van der Waals surface area contributed by atoms with E-state index >= 15 is 0 Å². The van der Waals surface area contributed by atoms with Crippen LogP contribution in [0.1, 0.15) is 19.4 Å². The van der Waals surface area contributed by atoms with Gasteiger partial charge in [-0.3, -0.25) is 0 Å². The van der Waals surface area contributed by atoms with Crippen LogP contribution >= 0.6 is 0 Å². The molecule has 0 amide bonds. The molecule has 0 saturated carbocycles. The molecule has 1 unspecified atom stereocenters. The number of ether oxygens (including phenoxy) is 1. The molecule has 0 heterocycles. The number of benzene rings is 1. The van der Waals surface area contributed by atoms with E-state index in [2.05, 4.69) is 37.9 Å². The highest BCUT2D eigenvalue weighted by atomic mass is 16.5. The predicted molar refractivity (Wildman–Crippen MR) is 69.3 cm³/mol. The van der Waals surface area contributed by atoms with Crippen LogP contribution in [-0.4, -0.2) is 26.2 Å². The maximum atomic E-state index is 5.66. The molecule has 0 aliphatic carbocycles. The zero-order valence-electron chi connectivity index (χ0n) is 10.7. The summed E-state index contributed by atoms with van der Waals surface area (Å²) in [5.74, 6) is 0.958. The summed E-state index contributed by atoms with van der Waals surface area (Å²) < 4.78 is 5.51. The summed E-state index contributed by atoms with van der Waals surface area (Å²) in [6, 6.07) is 6.58. The third-order valence-electron chi connectivity index (χ3n) is 2.87. The van der Waals surface area contributed by atoms with Gasteiger partial charge >= 0.3 is 0 Å². The second kappa shape index (κ2) is 5.75. The van der Waals surface area contributed by atoms with E-state index in [0.29, 0.717) is 19.2 Å². The van der Waals surface area contributed by atoms with Crippen molar-refractivity contribution in [2.75, 3.05) is 25.1 Å². The summed E-state index contributed by atoms with van der Waals surface area (Å²) in [6.07, 6.45) is 0. The Morgan fingerprint density at radius 3 is 2.62 bits per heavy atom. The van der Waals surface area contributed by atoms with Crippen molar-refractivity contribution in [3.05, 3.63) is 23.8 Å². The van der Waals surface area contributed by atoms with E-state index in [0.717, 1.165) is 11.3 Å². The first-order chi connectivity index (χ1) is 7.60. The Kier molecular flexibility index (Phi) is 4.62. The topological polar surface area (TPSA) is 38.5 Å². The van der Waals surface area contributed by atoms with E-state index in [-0.39, 0.29) is 0 Å². The van der Waals surface area contributed by atoms with Crippen molar-refractivity contribution in [1.82, 2.24) is 0 Å². The van der Waals surface area contributed by atoms with Crippen molar-refractivity contribution in [3.8, 4) is 5.75 Å². The first-order valence-electron chi connectivity index (χ1n) is 5.76. The highest BCUT2D eigenvalue weighted by molar-refractivity contribution is 5.53. The molecule has 90 valence electrons. The summed E-state index contributed by atoms with van der Waals surface area (Å²) in [6.45, 7) is 7.54. The van der Waals surface area contributed by atoms with Crippen molar-refractivity contribution in [2.24, 2.45) is 5.73 Å². The van der Waals surface area contributed by atoms with Crippen LogP contribution in [-0.2, 0) is 0 Å². The highest BCUT2D eigenvalue weighted by Gasteiger charge is 2.09. The minimum atomic E-state index is 0.345. The Labute approximate surface area is 98.2 Å². The number of nitrogens with two attached hydrogens (primary N) is 1. The Balaban J connectivity index is 2.87. The van der Waals surface area contributed by atoms with Gasteiger partial charge in [0.25, 0.3) is 0 Å². The summed E-state index contributed by atoms with van der Waals surface area (Å²) in [5, 5.41) is 0. The quantitative estimate of drug-likeness (QED) is 0.830. The molecule has 0 aliphatic heterocycles. The molecule has 1 aromatic carbocycles. The molecule has 1 aromatic rings. The minimum absolute atomic E-state index is 0.345. The SMILES string of the molecule is CCOc1ccc(N(C)C(C)CN)cc1C. The van der Waals surface area contributed by atoms with Crippen molar-refractivity contribution >= 4 is 5.69 Å². The lowest BCUT2D eigenvalue weighted by molar-refractivity contribution is 0.338. The average molecular weight is 222 g/mol. The summed E-state index contributed by atoms with van der Waals surface area (Å²) in [4.78, 5) is 2.18. The van der Waals surface area contributed by atoms with Gasteiger partial charge in [-0.2, -0.15) is 0 Å². The molecule has 0 aromatic heterocycles. The maximum Gasteiger partial charge on any atom is 0.122 e. The van der Waals surface area contributed by atoms with Gasteiger partial charge in [0.15, 0.2) is 0 Å². The summed E-state index contributed by atoms with van der Waals surface area (Å²) in [7, 11) is 2.06. The number of aryl methyl sites for hydroxylation is 1. The molecule has 3 nitrogen and oxygen atoms in total. The van der Waals surface area contributed by atoms with E-state index in [1.165, 1.54) is 5.69 Å². The molecule has 1 atom stereocenters. The van der Waals surface area contributed by atoms with Gasteiger partial charge in [0, 0.05) is 25.3 Å². The van der Waals surface area contributed by atoms with Crippen molar-refractivity contribution in [3.63, 3.8) is 0 Å². The molecule has 0 aliphatic rings. The zero-order chi connectivity index (χ0) is 12.1. The van der Waals surface area contributed by atoms with Crippen LogP contribution < -0.4 is 15.4 Å². The molecular formula is C13H22N2O. The van der Waals surface area contributed by atoms with Crippen LogP contribution in [0.25, 0.3) is 0 Å². The number of hydrogen-bond donors (Lipinski definition) is 1. The molecule has 0 bridgehead atoms. The van der Waals surface area contributed by atoms with Gasteiger partial charge in [-0.05, 0) is 44.5 Å². The molecule has 3 heteroatoms. The second-order valence-corrected chi connectivity index (χ2v) is 4.08. The lowest BCUT2D eigenvalue weighted by Crippen LogP contribution is -2.35. The molecular weight excluding hydrogens is 200 g/mol. The fourth-order valence-electron chi connectivity index (χ4n) is 1.58. The monoisotopic (exact) mass is 222 g/mol. The van der Waals surface area contributed by atoms with Crippen LogP contribution in [0, 0.1) is 6.92 Å². The van der Waals surface area contributed by atoms with Crippen LogP contribution in [0.2, 0.25) is 0 Å². The van der Waals surface area contributed by atoms with Crippen LogP contribution in [0.15, 0.2) is 18.2 Å². The molecule has 1 rings (SSSR count). The third kappa shape index (κ3) is 2.89. The second-order valence-electron chi connectivity index (χ2n) is 4.08. The van der Waals surface area contributed by atoms with Gasteiger partial charge in [0.2, 0.25) is 0 Å². The first-order valence-corrected chi connectivity index (χ1v) is 5.76. The highest BCUT2D eigenvalue weighted by Crippen LogP contribution is 2.24. The van der Waals surface area contributed by atoms with Gasteiger partial charge in [0.05, 0.1) is 6.61 Å². The molecule has 2 N–H and O–H groups in total. The van der Waals surface area contributed by atoms with E-state index in [1.54, 1.807) is 0 Å². The van der Waals surface area contributed by atoms with Gasteiger partial charge in [-0.25, -0.2) is 0 Å². The van der Waals surface area contributed by atoms with Gasteiger partial charge < -0.3 is 15.4 Å². The molecule has 0 radical (unpaired) electrons. The zero-order valence-corrected chi connectivity index (χ0v) is 10.7. The van der Waals surface area contributed by atoms with E-state index in [1.807, 2.05) is 13.0 Å². The number of anilines is 1. The Morgan fingerprint density at radius 1 is 1.44 bits per heavy atom. The van der Waals surface area contributed by atoms with Gasteiger partial charge in [-0.1, -0.05) is 0 Å². The number of hydrogen-bond acceptors (Lipinski definition) is 3. The van der Waals surface area contributed by atoms with Crippen molar-refractivity contribution in [2.45, 2.75) is 26.8 Å². The molecule has 16 heavy (non-hydrogen) atoms. The lowest BCUT2D eigenvalue weighted by atomic mass is 10.1. The summed E-state index contributed by atoms with van der Waals surface area (Å²) >= 11 is 0. The standard InChI is InChI=1S/C13H22N2O/c1-5-16-13-7-6-12(8-10(13)2)15(4)11(3)9-14/h6-8,11H,5,9,14H2,1-4H3. The van der Waals surface area contributed by atoms with Crippen LogP contribution in [0.5, 0.6) is 5.75 Å². The predicted octanol–water partition coefficient (Wildman–Crippen LogP) is 2.18. The Morgan fingerprint density at radius 2 is 2.12 bits per heavy atom. The Bertz CT molecular complexity index is 339. The van der Waals surface area contributed by atoms with Crippen LogP contribution in [0.3, 0.4) is 0 Å². The van der Waals surface area contributed by atoms with Crippen molar-refractivity contribution in [1.29, 1.82) is 0 Å². The minimum Gasteiger partial charge on any atom is -0.494 e. The molecule has 0 saturated heterocycles. The average Bonchev–Trinajstić information content (AvgIpc) is 2.30. The van der Waals surface area contributed by atoms with Crippen LogP contribution in [0.4, 0.5) is 5.69 Å². The van der Waals surface area contributed by atoms with Crippen molar-refractivity contribution < 1.29 is 4.74 Å². The number of likely N-dealkylation sites (N-methyl/N-ethyl adjacent to an activating group) is 1. The Hall–Kier alpha value is -1.22.